The molecule has 0 aliphatic heterocycles. The molecule has 2 unspecified atom stereocenters. The molecular weight excluding hydrogens is 1030 g/mol. The van der Waals surface area contributed by atoms with Crippen molar-refractivity contribution in [3.05, 3.63) is 12.2 Å². The summed E-state index contributed by atoms with van der Waals surface area (Å²) in [5.41, 5.74) is 0. The van der Waals surface area contributed by atoms with Gasteiger partial charge in [0.1, 0.15) is 19.8 Å². The third kappa shape index (κ3) is 67.7. The second-order valence-corrected chi connectivity index (χ2v) is 27.4. The number of carbonyl (C=O) groups excluding carboxylic acids is 2. The lowest BCUT2D eigenvalue weighted by atomic mass is 10.0. The first-order chi connectivity index (χ1) is 39.5. The second kappa shape index (κ2) is 63.3. The van der Waals surface area contributed by atoms with E-state index in [1.165, 1.54) is 315 Å². The summed E-state index contributed by atoms with van der Waals surface area (Å²) in [6, 6.07) is 0. The fraction of sp³-hybridized carbons (Fsp3) is 0.944. The van der Waals surface area contributed by atoms with E-state index in [0.29, 0.717) is 17.4 Å². The number of allylic oxidation sites excluding steroid dienone is 2. The molecular formula is C71H141NO8P+. The Morgan fingerprint density at radius 1 is 0.370 bits per heavy atom. The highest BCUT2D eigenvalue weighted by molar-refractivity contribution is 7.47. The van der Waals surface area contributed by atoms with E-state index in [-0.39, 0.29) is 25.6 Å². The zero-order valence-corrected chi connectivity index (χ0v) is 56.0. The van der Waals surface area contributed by atoms with Crippen molar-refractivity contribution in [2.24, 2.45) is 0 Å². The fourth-order valence-electron chi connectivity index (χ4n) is 11.0. The summed E-state index contributed by atoms with van der Waals surface area (Å²) in [4.78, 5) is 35.8. The first kappa shape index (κ1) is 79.8. The Balaban J connectivity index is 3.82. The van der Waals surface area contributed by atoms with Crippen LogP contribution in [0.2, 0.25) is 0 Å². The summed E-state index contributed by atoms with van der Waals surface area (Å²) in [7, 11) is 1.50. The van der Waals surface area contributed by atoms with E-state index in [4.69, 9.17) is 18.5 Å². The Bertz CT molecular complexity index is 1370. The fourth-order valence-corrected chi connectivity index (χ4v) is 11.8. The van der Waals surface area contributed by atoms with Crippen molar-refractivity contribution in [2.45, 2.75) is 386 Å². The van der Waals surface area contributed by atoms with Crippen molar-refractivity contribution in [3.63, 3.8) is 0 Å². The molecule has 0 amide bonds. The molecule has 0 saturated carbocycles. The van der Waals surface area contributed by atoms with E-state index in [0.717, 1.165) is 38.5 Å². The van der Waals surface area contributed by atoms with Crippen LogP contribution in [0.1, 0.15) is 380 Å². The molecule has 0 aromatic rings. The lowest BCUT2D eigenvalue weighted by Crippen LogP contribution is -2.37. The van der Waals surface area contributed by atoms with Crippen LogP contribution in [-0.4, -0.2) is 74.9 Å². The largest absolute Gasteiger partial charge is 0.472 e. The lowest BCUT2D eigenvalue weighted by Gasteiger charge is -2.24. The molecule has 1 N–H and O–H groups in total. The zero-order chi connectivity index (χ0) is 59.1. The average Bonchev–Trinajstić information content (AvgIpc) is 3.43. The number of rotatable bonds is 68. The molecule has 0 aromatic carbocycles. The zero-order valence-electron chi connectivity index (χ0n) is 55.1. The molecule has 0 heterocycles. The monoisotopic (exact) mass is 1170 g/mol. The van der Waals surface area contributed by atoms with Gasteiger partial charge in [-0.25, -0.2) is 4.57 Å². The molecule has 0 aromatic heterocycles. The Kier molecular flexibility index (Phi) is 62.3. The third-order valence-corrected chi connectivity index (χ3v) is 17.5. The van der Waals surface area contributed by atoms with Gasteiger partial charge in [0.25, 0.3) is 0 Å². The van der Waals surface area contributed by atoms with Crippen LogP contribution in [0.25, 0.3) is 0 Å². The highest BCUT2D eigenvalue weighted by Gasteiger charge is 2.27. The molecule has 0 bridgehead atoms. The number of hydrogen-bond acceptors (Lipinski definition) is 7. The van der Waals surface area contributed by atoms with Gasteiger partial charge < -0.3 is 18.9 Å². The number of unbranched alkanes of at least 4 members (excludes halogenated alkanes) is 52. The van der Waals surface area contributed by atoms with Crippen LogP contribution >= 0.6 is 7.82 Å². The van der Waals surface area contributed by atoms with Crippen molar-refractivity contribution in [2.75, 3.05) is 47.5 Å². The van der Waals surface area contributed by atoms with E-state index in [1.54, 1.807) is 0 Å². The predicted octanol–water partition coefficient (Wildman–Crippen LogP) is 23.1. The molecule has 81 heavy (non-hydrogen) atoms. The molecule has 482 valence electrons. The summed E-state index contributed by atoms with van der Waals surface area (Å²) >= 11 is 0. The number of phosphoric acid groups is 1. The smallest absolute Gasteiger partial charge is 0.462 e. The van der Waals surface area contributed by atoms with Crippen LogP contribution in [0.5, 0.6) is 0 Å². The Labute approximate surface area is 505 Å². The number of esters is 2. The number of quaternary nitrogens is 1. The number of hydrogen-bond donors (Lipinski definition) is 1. The minimum atomic E-state index is -4.38. The summed E-state index contributed by atoms with van der Waals surface area (Å²) in [5.74, 6) is -0.772. The van der Waals surface area contributed by atoms with Gasteiger partial charge in [0.15, 0.2) is 6.10 Å². The minimum absolute atomic E-state index is 0.0369. The minimum Gasteiger partial charge on any atom is -0.462 e. The molecule has 0 spiro atoms. The van der Waals surface area contributed by atoms with E-state index in [2.05, 4.69) is 26.0 Å². The highest BCUT2D eigenvalue weighted by Crippen LogP contribution is 2.43. The number of ether oxygens (including phenoxy) is 2. The van der Waals surface area contributed by atoms with Gasteiger partial charge in [0.05, 0.1) is 27.7 Å². The Morgan fingerprint density at radius 2 is 0.630 bits per heavy atom. The first-order valence-corrected chi connectivity index (χ1v) is 37.4. The second-order valence-electron chi connectivity index (χ2n) is 26.0. The number of likely N-dealkylation sites (N-methyl/N-ethyl adjacent to an activating group) is 1. The van der Waals surface area contributed by atoms with Gasteiger partial charge in [-0.15, -0.1) is 0 Å². The molecule has 0 saturated heterocycles. The van der Waals surface area contributed by atoms with Crippen LogP contribution in [-0.2, 0) is 32.7 Å². The molecule has 0 aliphatic carbocycles. The van der Waals surface area contributed by atoms with Gasteiger partial charge in [0, 0.05) is 12.8 Å². The van der Waals surface area contributed by atoms with Crippen LogP contribution in [0.15, 0.2) is 12.2 Å². The molecule has 2 atom stereocenters. The third-order valence-electron chi connectivity index (χ3n) is 16.5. The summed E-state index contributed by atoms with van der Waals surface area (Å²) in [6.07, 6.45) is 77.8. The van der Waals surface area contributed by atoms with Gasteiger partial charge in [-0.3, -0.25) is 18.6 Å². The molecule has 0 radical (unpaired) electrons. The molecule has 10 heteroatoms. The van der Waals surface area contributed by atoms with Crippen molar-refractivity contribution in [1.29, 1.82) is 0 Å². The number of phosphoric ester groups is 1. The Hall–Kier alpha value is -1.25. The topological polar surface area (TPSA) is 108 Å². The first-order valence-electron chi connectivity index (χ1n) is 35.9. The van der Waals surface area contributed by atoms with Crippen LogP contribution in [0, 0.1) is 0 Å². The average molecular weight is 1170 g/mol. The molecule has 0 rings (SSSR count). The Morgan fingerprint density at radius 3 is 0.914 bits per heavy atom. The lowest BCUT2D eigenvalue weighted by molar-refractivity contribution is -0.870. The van der Waals surface area contributed by atoms with Gasteiger partial charge in [-0.05, 0) is 38.5 Å². The van der Waals surface area contributed by atoms with E-state index < -0.39 is 26.5 Å². The van der Waals surface area contributed by atoms with E-state index in [1.807, 2.05) is 21.1 Å². The van der Waals surface area contributed by atoms with Crippen LogP contribution < -0.4 is 0 Å². The molecule has 9 nitrogen and oxygen atoms in total. The maximum atomic E-state index is 12.9. The highest BCUT2D eigenvalue weighted by atomic mass is 31.2. The number of carbonyl (C=O) groups is 2. The summed E-state index contributed by atoms with van der Waals surface area (Å²) < 4.78 is 34.7. The van der Waals surface area contributed by atoms with Crippen molar-refractivity contribution >= 4 is 19.8 Å². The summed E-state index contributed by atoms with van der Waals surface area (Å²) in [6.45, 7) is 4.51. The van der Waals surface area contributed by atoms with E-state index in [9.17, 15) is 19.0 Å². The quantitative estimate of drug-likeness (QED) is 0.0211. The van der Waals surface area contributed by atoms with Gasteiger partial charge in [-0.1, -0.05) is 341 Å². The van der Waals surface area contributed by atoms with E-state index >= 15 is 0 Å². The molecule has 0 aliphatic rings. The normalized spacial score (nSPS) is 13.1. The maximum Gasteiger partial charge on any atom is 0.472 e. The summed E-state index contributed by atoms with van der Waals surface area (Å²) in [5, 5.41) is 0. The van der Waals surface area contributed by atoms with Crippen molar-refractivity contribution < 1.29 is 42.1 Å². The van der Waals surface area contributed by atoms with Gasteiger partial charge >= 0.3 is 19.8 Å². The van der Waals surface area contributed by atoms with Crippen molar-refractivity contribution in [1.82, 2.24) is 0 Å². The predicted molar refractivity (Wildman–Crippen MR) is 349 cm³/mol. The number of nitrogens with zero attached hydrogens (tertiary/aromatic N) is 1. The maximum absolute atomic E-state index is 12.9. The van der Waals surface area contributed by atoms with Crippen molar-refractivity contribution in [3.8, 4) is 0 Å². The van der Waals surface area contributed by atoms with Crippen LogP contribution in [0.4, 0.5) is 0 Å². The van der Waals surface area contributed by atoms with Crippen LogP contribution in [0.3, 0.4) is 0 Å². The molecule has 0 fully saturated rings. The van der Waals surface area contributed by atoms with Gasteiger partial charge in [0.2, 0.25) is 0 Å². The SMILES string of the molecule is CCCCCCCCCC/C=C\CCCCCCCCCCCCCCCCCCCCCCCCCCCCCCCC(=O)OC(COC(=O)CCCCCCCCCCCCCCCCCC)COP(=O)(O)OCC[N+](C)(C)C. The van der Waals surface area contributed by atoms with Gasteiger partial charge in [-0.2, -0.15) is 0 Å². The standard InChI is InChI=1S/C71H140NO8P/c1-6-8-10-12-14-16-18-20-22-24-25-26-27-28-29-30-31-32-33-34-35-36-37-38-39-40-41-42-43-44-45-46-47-48-50-52-54-56-58-60-62-64-71(74)80-69(68-79-81(75,76)78-66-65-72(3,4)5)67-77-70(73)63-61-59-57-55-53-51-49-23-21-19-17-15-13-11-9-7-2/h24-25,69H,6-23,26-68H2,1-5H3/p+1/b25-24-.